The van der Waals surface area contributed by atoms with E-state index in [4.69, 9.17) is 0 Å². The molecular weight excluding hydrogens is 288 g/mol. The molecule has 0 aromatic heterocycles. The summed E-state index contributed by atoms with van der Waals surface area (Å²) in [6.45, 7) is 5.48. The predicted molar refractivity (Wildman–Crippen MR) is 82.4 cm³/mol. The zero-order valence-electron chi connectivity index (χ0n) is 12.5. The predicted octanol–water partition coefficient (Wildman–Crippen LogP) is 1.19. The van der Waals surface area contributed by atoms with Gasteiger partial charge in [0, 0.05) is 6.54 Å². The summed E-state index contributed by atoms with van der Waals surface area (Å²) >= 11 is 0. The van der Waals surface area contributed by atoms with E-state index in [9.17, 15) is 13.5 Å². The first-order chi connectivity index (χ1) is 10.1. The maximum Gasteiger partial charge on any atom is 0.240 e. The largest absolute Gasteiger partial charge is 0.392 e. The summed E-state index contributed by atoms with van der Waals surface area (Å²) in [7, 11) is -3.55. The molecule has 0 amide bonds. The molecule has 1 aliphatic rings. The minimum atomic E-state index is -3.55. The first-order valence-electron chi connectivity index (χ1n) is 7.47. The van der Waals surface area contributed by atoms with Crippen molar-refractivity contribution in [1.29, 1.82) is 0 Å². The highest BCUT2D eigenvalue weighted by Gasteiger charge is 2.22. The Balaban J connectivity index is 1.96. The van der Waals surface area contributed by atoms with Gasteiger partial charge in [0.05, 0.1) is 11.5 Å². The molecule has 2 rings (SSSR count). The van der Waals surface area contributed by atoms with Crippen LogP contribution in [0.15, 0.2) is 29.2 Å². The summed E-state index contributed by atoms with van der Waals surface area (Å²) in [5.41, 5.74) is 0.436. The van der Waals surface area contributed by atoms with Gasteiger partial charge in [-0.15, -0.1) is 0 Å². The summed E-state index contributed by atoms with van der Waals surface area (Å²) in [6, 6.07) is 6.57. The van der Waals surface area contributed by atoms with Crippen LogP contribution in [0.25, 0.3) is 0 Å². The molecule has 118 valence electrons. The molecular formula is C15H24N2O3S. The molecule has 5 nitrogen and oxygen atoms in total. The summed E-state index contributed by atoms with van der Waals surface area (Å²) in [5, 5.41) is 9.26. The van der Waals surface area contributed by atoms with Crippen LogP contribution >= 0.6 is 0 Å². The number of likely N-dealkylation sites (tertiary alicyclic amines) is 1. The van der Waals surface area contributed by atoms with Crippen LogP contribution in [-0.2, 0) is 16.6 Å². The third-order valence-corrected chi connectivity index (χ3v) is 5.67. The van der Waals surface area contributed by atoms with Crippen molar-refractivity contribution in [2.45, 2.75) is 31.3 Å². The number of nitrogens with one attached hydrogen (secondary N) is 1. The number of rotatable bonds is 6. The Labute approximate surface area is 127 Å². The Kier molecular flexibility index (Phi) is 5.75. The number of aliphatic hydroxyl groups is 1. The molecule has 0 spiro atoms. The average Bonchev–Trinajstić information content (AvgIpc) is 2.53. The number of benzene rings is 1. The van der Waals surface area contributed by atoms with Gasteiger partial charge in [0.1, 0.15) is 0 Å². The molecule has 2 N–H and O–H groups in total. The van der Waals surface area contributed by atoms with E-state index in [2.05, 4.69) is 16.5 Å². The molecule has 1 aromatic rings. The van der Waals surface area contributed by atoms with Crippen molar-refractivity contribution in [3.8, 4) is 0 Å². The van der Waals surface area contributed by atoms with Crippen LogP contribution in [0.5, 0.6) is 0 Å². The topological polar surface area (TPSA) is 69.6 Å². The third kappa shape index (κ3) is 4.26. The SMILES string of the molecule is CCN1CCC(CNS(=O)(=O)c2ccccc2CO)CC1. The Bertz CT molecular complexity index is 552. The van der Waals surface area contributed by atoms with Crippen molar-refractivity contribution in [2.24, 2.45) is 5.92 Å². The fraction of sp³-hybridized carbons (Fsp3) is 0.600. The Hall–Kier alpha value is -0.950. The number of nitrogens with zero attached hydrogens (tertiary/aromatic N) is 1. The van der Waals surface area contributed by atoms with Crippen LogP contribution in [0.4, 0.5) is 0 Å². The lowest BCUT2D eigenvalue weighted by Crippen LogP contribution is -2.38. The van der Waals surface area contributed by atoms with Gasteiger partial charge in [0.15, 0.2) is 0 Å². The minimum absolute atomic E-state index is 0.179. The maximum atomic E-state index is 12.3. The van der Waals surface area contributed by atoms with E-state index in [1.807, 2.05) is 0 Å². The monoisotopic (exact) mass is 312 g/mol. The van der Waals surface area contributed by atoms with E-state index in [1.165, 1.54) is 6.07 Å². The standard InChI is InChI=1S/C15H24N2O3S/c1-2-17-9-7-13(8-10-17)11-16-21(19,20)15-6-4-3-5-14(15)12-18/h3-6,13,16,18H,2,7-12H2,1H3. The molecule has 1 aliphatic heterocycles. The third-order valence-electron chi connectivity index (χ3n) is 4.15. The average molecular weight is 312 g/mol. The molecule has 1 aromatic carbocycles. The molecule has 0 atom stereocenters. The Morgan fingerprint density at radius 2 is 1.95 bits per heavy atom. The lowest BCUT2D eigenvalue weighted by Gasteiger charge is -2.31. The molecule has 1 heterocycles. The Morgan fingerprint density at radius 3 is 2.57 bits per heavy atom. The summed E-state index contributed by atoms with van der Waals surface area (Å²) < 4.78 is 27.4. The quantitative estimate of drug-likeness (QED) is 0.828. The normalized spacial score (nSPS) is 18.0. The van der Waals surface area contributed by atoms with Crippen LogP contribution in [0.2, 0.25) is 0 Å². The maximum absolute atomic E-state index is 12.3. The summed E-state index contributed by atoms with van der Waals surface area (Å²) in [6.07, 6.45) is 2.05. The van der Waals surface area contributed by atoms with E-state index in [0.29, 0.717) is 18.0 Å². The van der Waals surface area contributed by atoms with Crippen LogP contribution in [0.3, 0.4) is 0 Å². The van der Waals surface area contributed by atoms with Crippen LogP contribution in [0.1, 0.15) is 25.3 Å². The summed E-state index contributed by atoms with van der Waals surface area (Å²) in [4.78, 5) is 2.56. The molecule has 1 fully saturated rings. The zero-order valence-corrected chi connectivity index (χ0v) is 13.3. The first kappa shape index (κ1) is 16.4. The van der Waals surface area contributed by atoms with Gasteiger partial charge in [-0.3, -0.25) is 0 Å². The summed E-state index contributed by atoms with van der Waals surface area (Å²) in [5.74, 6) is 0.392. The van der Waals surface area contributed by atoms with Gasteiger partial charge >= 0.3 is 0 Å². The van der Waals surface area contributed by atoms with E-state index in [1.54, 1.807) is 18.2 Å². The second-order valence-corrected chi connectivity index (χ2v) is 7.23. The molecule has 0 bridgehead atoms. The number of piperidine rings is 1. The molecule has 0 aliphatic carbocycles. The van der Waals surface area contributed by atoms with Crippen LogP contribution in [-0.4, -0.2) is 44.6 Å². The number of aliphatic hydroxyl groups excluding tert-OH is 1. The highest BCUT2D eigenvalue weighted by atomic mass is 32.2. The first-order valence-corrected chi connectivity index (χ1v) is 8.96. The van der Waals surface area contributed by atoms with E-state index < -0.39 is 10.0 Å². The number of hydrogen-bond donors (Lipinski definition) is 2. The second-order valence-electron chi connectivity index (χ2n) is 5.50. The molecule has 0 radical (unpaired) electrons. The van der Waals surface area contributed by atoms with Crippen LogP contribution < -0.4 is 4.72 Å². The lowest BCUT2D eigenvalue weighted by molar-refractivity contribution is 0.193. The number of sulfonamides is 1. The number of hydrogen-bond acceptors (Lipinski definition) is 4. The van der Waals surface area contributed by atoms with Crippen molar-refractivity contribution in [3.63, 3.8) is 0 Å². The van der Waals surface area contributed by atoms with E-state index >= 15 is 0 Å². The van der Waals surface area contributed by atoms with Gasteiger partial charge in [-0.25, -0.2) is 13.1 Å². The van der Waals surface area contributed by atoms with Crippen molar-refractivity contribution in [2.75, 3.05) is 26.2 Å². The highest BCUT2D eigenvalue weighted by Crippen LogP contribution is 2.19. The second kappa shape index (κ2) is 7.35. The zero-order chi connectivity index (χ0) is 15.3. The Morgan fingerprint density at radius 1 is 1.29 bits per heavy atom. The van der Waals surface area contributed by atoms with Crippen LogP contribution in [0, 0.1) is 5.92 Å². The molecule has 0 saturated carbocycles. The smallest absolute Gasteiger partial charge is 0.240 e. The van der Waals surface area contributed by atoms with Crippen molar-refractivity contribution in [1.82, 2.24) is 9.62 Å². The van der Waals surface area contributed by atoms with Gasteiger partial charge in [-0.1, -0.05) is 25.1 Å². The lowest BCUT2D eigenvalue weighted by atomic mass is 9.97. The molecule has 21 heavy (non-hydrogen) atoms. The van der Waals surface area contributed by atoms with Gasteiger partial charge in [0.2, 0.25) is 10.0 Å². The van der Waals surface area contributed by atoms with Crippen molar-refractivity contribution < 1.29 is 13.5 Å². The highest BCUT2D eigenvalue weighted by molar-refractivity contribution is 7.89. The molecule has 6 heteroatoms. The van der Waals surface area contributed by atoms with E-state index in [0.717, 1.165) is 32.5 Å². The van der Waals surface area contributed by atoms with E-state index in [-0.39, 0.29) is 11.5 Å². The van der Waals surface area contributed by atoms with Gasteiger partial charge < -0.3 is 10.0 Å². The molecule has 0 unspecified atom stereocenters. The minimum Gasteiger partial charge on any atom is -0.392 e. The fourth-order valence-electron chi connectivity index (χ4n) is 2.71. The fourth-order valence-corrected chi connectivity index (χ4v) is 4.05. The van der Waals surface area contributed by atoms with Gasteiger partial charge in [-0.05, 0) is 50.0 Å². The van der Waals surface area contributed by atoms with Crippen molar-refractivity contribution in [3.05, 3.63) is 29.8 Å². The van der Waals surface area contributed by atoms with Gasteiger partial charge in [-0.2, -0.15) is 0 Å². The molecule has 1 saturated heterocycles. The van der Waals surface area contributed by atoms with Crippen molar-refractivity contribution >= 4 is 10.0 Å². The van der Waals surface area contributed by atoms with Gasteiger partial charge in [0.25, 0.3) is 0 Å².